The minimum absolute atomic E-state index is 0.123. The van der Waals surface area contributed by atoms with Gasteiger partial charge in [0.05, 0.1) is 6.10 Å². The molecule has 1 saturated carbocycles. The van der Waals surface area contributed by atoms with Crippen molar-refractivity contribution in [2.75, 3.05) is 6.61 Å². The third kappa shape index (κ3) is 3.93. The highest BCUT2D eigenvalue weighted by Gasteiger charge is 2.18. The van der Waals surface area contributed by atoms with Gasteiger partial charge in [-0.1, -0.05) is 12.8 Å². The van der Waals surface area contributed by atoms with Gasteiger partial charge in [0.15, 0.2) is 6.61 Å². The van der Waals surface area contributed by atoms with E-state index in [2.05, 4.69) is 5.32 Å². The number of carbonyl (C=O) groups excluding carboxylic acids is 1. The number of nitrogens with one attached hydrogen (secondary N) is 1. The number of hydrogen-bond acceptors (Lipinski definition) is 3. The van der Waals surface area contributed by atoms with Crippen molar-refractivity contribution in [2.24, 2.45) is 0 Å². The van der Waals surface area contributed by atoms with Gasteiger partial charge in [0.2, 0.25) is 0 Å². The Bertz CT molecular complexity index is 470. The number of aliphatic hydroxyl groups excluding tert-OH is 1. The first-order chi connectivity index (χ1) is 9.56. The molecule has 5 heteroatoms. The van der Waals surface area contributed by atoms with Crippen molar-refractivity contribution in [1.29, 1.82) is 0 Å². The molecule has 2 rings (SSSR count). The van der Waals surface area contributed by atoms with Gasteiger partial charge in [-0.3, -0.25) is 4.79 Å². The van der Waals surface area contributed by atoms with Crippen LogP contribution in [0.2, 0.25) is 0 Å². The summed E-state index contributed by atoms with van der Waals surface area (Å²) >= 11 is 0. The average Bonchev–Trinajstić information content (AvgIpc) is 2.90. The Morgan fingerprint density at radius 2 is 2.20 bits per heavy atom. The van der Waals surface area contributed by atoms with Crippen LogP contribution in [0, 0.1) is 5.82 Å². The molecule has 20 heavy (non-hydrogen) atoms. The van der Waals surface area contributed by atoms with E-state index in [4.69, 9.17) is 4.74 Å². The first-order valence-electron chi connectivity index (χ1n) is 6.96. The fraction of sp³-hybridized carbons (Fsp3) is 0.533. The maximum Gasteiger partial charge on any atom is 0.258 e. The number of halogens is 1. The average molecular weight is 281 g/mol. The number of aliphatic hydroxyl groups is 1. The molecule has 0 aliphatic heterocycles. The van der Waals surface area contributed by atoms with Crippen LogP contribution < -0.4 is 10.1 Å². The molecule has 0 heterocycles. The monoisotopic (exact) mass is 281 g/mol. The van der Waals surface area contributed by atoms with E-state index < -0.39 is 11.9 Å². The van der Waals surface area contributed by atoms with Gasteiger partial charge in [0, 0.05) is 11.6 Å². The lowest BCUT2D eigenvalue weighted by Gasteiger charge is -2.15. The van der Waals surface area contributed by atoms with E-state index in [0.29, 0.717) is 11.3 Å². The van der Waals surface area contributed by atoms with Crippen LogP contribution in [0.15, 0.2) is 18.2 Å². The molecule has 1 aliphatic rings. The van der Waals surface area contributed by atoms with Crippen molar-refractivity contribution in [3.8, 4) is 5.75 Å². The third-order valence-electron chi connectivity index (χ3n) is 3.50. The molecule has 1 aromatic rings. The van der Waals surface area contributed by atoms with Crippen molar-refractivity contribution < 1.29 is 19.0 Å². The number of rotatable bonds is 5. The second kappa shape index (κ2) is 6.70. The van der Waals surface area contributed by atoms with Crippen LogP contribution in [0.3, 0.4) is 0 Å². The lowest BCUT2D eigenvalue weighted by atomic mass is 10.1. The largest absolute Gasteiger partial charge is 0.483 e. The SMILES string of the molecule is CC(O)c1cc(F)ccc1OCC(=O)NC1CCCC1. The molecule has 1 atom stereocenters. The highest BCUT2D eigenvalue weighted by molar-refractivity contribution is 5.77. The maximum absolute atomic E-state index is 13.1. The van der Waals surface area contributed by atoms with Crippen molar-refractivity contribution in [3.05, 3.63) is 29.6 Å². The number of benzene rings is 1. The summed E-state index contributed by atoms with van der Waals surface area (Å²) in [6.45, 7) is 1.40. The molecule has 0 aromatic heterocycles. The topological polar surface area (TPSA) is 58.6 Å². The van der Waals surface area contributed by atoms with E-state index in [1.165, 1.54) is 25.1 Å². The van der Waals surface area contributed by atoms with Gasteiger partial charge in [-0.25, -0.2) is 4.39 Å². The first-order valence-corrected chi connectivity index (χ1v) is 6.96. The predicted molar refractivity (Wildman–Crippen MR) is 72.9 cm³/mol. The van der Waals surface area contributed by atoms with E-state index in [9.17, 15) is 14.3 Å². The van der Waals surface area contributed by atoms with Gasteiger partial charge >= 0.3 is 0 Å². The molecule has 4 nitrogen and oxygen atoms in total. The van der Waals surface area contributed by atoms with Gasteiger partial charge in [0.25, 0.3) is 5.91 Å². The molecule has 0 saturated heterocycles. The molecule has 1 amide bonds. The molecule has 2 N–H and O–H groups in total. The van der Waals surface area contributed by atoms with Gasteiger partial charge < -0.3 is 15.2 Å². The molecule has 1 aliphatic carbocycles. The number of ether oxygens (including phenoxy) is 1. The first kappa shape index (κ1) is 14.8. The van der Waals surface area contributed by atoms with Crippen molar-refractivity contribution in [1.82, 2.24) is 5.32 Å². The summed E-state index contributed by atoms with van der Waals surface area (Å²) in [5, 5.41) is 12.5. The normalized spacial score (nSPS) is 16.9. The van der Waals surface area contributed by atoms with Gasteiger partial charge in [0.1, 0.15) is 11.6 Å². The third-order valence-corrected chi connectivity index (χ3v) is 3.50. The molecule has 0 radical (unpaired) electrons. The highest BCUT2D eigenvalue weighted by atomic mass is 19.1. The summed E-state index contributed by atoms with van der Waals surface area (Å²) in [6.07, 6.45) is 3.48. The number of amides is 1. The van der Waals surface area contributed by atoms with Crippen LogP contribution in [0.5, 0.6) is 5.75 Å². The minimum atomic E-state index is -0.849. The lowest BCUT2D eigenvalue weighted by Crippen LogP contribution is -2.36. The summed E-state index contributed by atoms with van der Waals surface area (Å²) in [5.74, 6) is -0.288. The summed E-state index contributed by atoms with van der Waals surface area (Å²) in [4.78, 5) is 11.7. The van der Waals surface area contributed by atoms with Gasteiger partial charge in [-0.05, 0) is 38.0 Å². The molecule has 0 bridgehead atoms. The minimum Gasteiger partial charge on any atom is -0.483 e. The van der Waals surface area contributed by atoms with Crippen LogP contribution in [-0.2, 0) is 4.79 Å². The summed E-state index contributed by atoms with van der Waals surface area (Å²) in [6, 6.07) is 4.14. The van der Waals surface area contributed by atoms with Crippen molar-refractivity contribution in [3.63, 3.8) is 0 Å². The molecule has 1 aromatic carbocycles. The Balaban J connectivity index is 1.91. The van der Waals surface area contributed by atoms with E-state index in [1.807, 2.05) is 0 Å². The maximum atomic E-state index is 13.1. The lowest BCUT2D eigenvalue weighted by molar-refractivity contribution is -0.123. The van der Waals surface area contributed by atoms with Crippen molar-refractivity contribution in [2.45, 2.75) is 44.8 Å². The predicted octanol–water partition coefficient (Wildman–Crippen LogP) is 2.32. The van der Waals surface area contributed by atoms with E-state index in [-0.39, 0.29) is 18.6 Å². The molecule has 1 unspecified atom stereocenters. The standard InChI is InChI=1S/C15H20FNO3/c1-10(18)13-8-11(16)6-7-14(13)20-9-15(19)17-12-4-2-3-5-12/h6-8,10,12,18H,2-5,9H2,1H3,(H,17,19). The summed E-state index contributed by atoms with van der Waals surface area (Å²) in [7, 11) is 0. The molecule has 0 spiro atoms. The second-order valence-electron chi connectivity index (χ2n) is 5.20. The Morgan fingerprint density at radius 1 is 1.50 bits per heavy atom. The van der Waals surface area contributed by atoms with Crippen LogP contribution in [0.1, 0.15) is 44.3 Å². The van der Waals surface area contributed by atoms with Crippen LogP contribution in [0.4, 0.5) is 4.39 Å². The summed E-state index contributed by atoms with van der Waals surface area (Å²) in [5.41, 5.74) is 0.346. The number of carbonyl (C=O) groups is 1. The Labute approximate surface area is 117 Å². The van der Waals surface area contributed by atoms with E-state index in [0.717, 1.165) is 25.7 Å². The number of hydrogen-bond donors (Lipinski definition) is 2. The van der Waals surface area contributed by atoms with Crippen LogP contribution in [0.25, 0.3) is 0 Å². The zero-order valence-electron chi connectivity index (χ0n) is 11.6. The fourth-order valence-corrected chi connectivity index (χ4v) is 2.46. The van der Waals surface area contributed by atoms with Crippen molar-refractivity contribution >= 4 is 5.91 Å². The smallest absolute Gasteiger partial charge is 0.258 e. The zero-order chi connectivity index (χ0) is 14.5. The second-order valence-corrected chi connectivity index (χ2v) is 5.20. The highest BCUT2D eigenvalue weighted by Crippen LogP contribution is 2.26. The van der Waals surface area contributed by atoms with Crippen LogP contribution >= 0.6 is 0 Å². The zero-order valence-corrected chi connectivity index (χ0v) is 11.6. The van der Waals surface area contributed by atoms with Gasteiger partial charge in [-0.2, -0.15) is 0 Å². The Kier molecular flexibility index (Phi) is 4.95. The van der Waals surface area contributed by atoms with Gasteiger partial charge in [-0.15, -0.1) is 0 Å². The molecule has 110 valence electrons. The van der Waals surface area contributed by atoms with E-state index >= 15 is 0 Å². The summed E-state index contributed by atoms with van der Waals surface area (Å²) < 4.78 is 18.5. The molecular formula is C15H20FNO3. The van der Waals surface area contributed by atoms with Crippen LogP contribution in [-0.4, -0.2) is 23.7 Å². The van der Waals surface area contributed by atoms with E-state index in [1.54, 1.807) is 0 Å². The fourth-order valence-electron chi connectivity index (χ4n) is 2.46. The molecular weight excluding hydrogens is 261 g/mol. The molecule has 1 fully saturated rings. The quantitative estimate of drug-likeness (QED) is 0.870. The Hall–Kier alpha value is -1.62. The Morgan fingerprint density at radius 3 is 2.85 bits per heavy atom.